The zero-order chi connectivity index (χ0) is 13.9. The van der Waals surface area contributed by atoms with Gasteiger partial charge in [-0.05, 0) is 30.6 Å². The topological polar surface area (TPSA) is 57.2 Å². The fourth-order valence-corrected chi connectivity index (χ4v) is 3.96. The van der Waals surface area contributed by atoms with Crippen LogP contribution in [0.25, 0.3) is 0 Å². The van der Waals surface area contributed by atoms with Gasteiger partial charge in [-0.3, -0.25) is 0 Å². The average molecular weight is 310 g/mol. The Morgan fingerprint density at radius 3 is 2.58 bits per heavy atom. The zero-order valence-corrected chi connectivity index (χ0v) is 13.2. The highest BCUT2D eigenvalue weighted by atomic mass is 32.5. The van der Waals surface area contributed by atoms with E-state index in [9.17, 15) is 4.89 Å². The average Bonchev–Trinajstić information content (AvgIpc) is 2.95. The summed E-state index contributed by atoms with van der Waals surface area (Å²) < 4.78 is 22.0. The molecule has 2 aliphatic rings. The summed E-state index contributed by atoms with van der Waals surface area (Å²) in [5.41, 5.74) is 0. The molecule has 3 unspecified atom stereocenters. The molecule has 7 heteroatoms. The third-order valence-electron chi connectivity index (χ3n) is 3.76. The minimum absolute atomic E-state index is 0.0136. The van der Waals surface area contributed by atoms with Gasteiger partial charge in [0, 0.05) is 19.6 Å². The maximum absolute atomic E-state index is 10.1. The Labute approximate surface area is 119 Å². The van der Waals surface area contributed by atoms with Crippen molar-refractivity contribution in [2.75, 3.05) is 19.8 Å². The van der Waals surface area contributed by atoms with Gasteiger partial charge in [-0.2, -0.15) is 0 Å². The van der Waals surface area contributed by atoms with Gasteiger partial charge >= 0.3 is 6.72 Å². The summed E-state index contributed by atoms with van der Waals surface area (Å²) in [4.78, 5) is 10.1. The SMILES string of the molecule is CC[C@H]1OCCC1OP(O)(=S)OC[C@H]1OCCC1C. The molecule has 2 saturated heterocycles. The van der Waals surface area contributed by atoms with Gasteiger partial charge in [0.1, 0.15) is 0 Å². The van der Waals surface area contributed by atoms with Crippen molar-refractivity contribution in [3.63, 3.8) is 0 Å². The van der Waals surface area contributed by atoms with Gasteiger partial charge < -0.3 is 23.4 Å². The molecule has 2 aliphatic heterocycles. The van der Waals surface area contributed by atoms with Crippen LogP contribution in [0.1, 0.15) is 33.1 Å². The van der Waals surface area contributed by atoms with Crippen molar-refractivity contribution >= 4 is 18.5 Å². The van der Waals surface area contributed by atoms with E-state index in [2.05, 4.69) is 6.92 Å². The van der Waals surface area contributed by atoms with Gasteiger partial charge in [-0.25, -0.2) is 0 Å². The summed E-state index contributed by atoms with van der Waals surface area (Å²) in [6.45, 7) is 2.65. The molecule has 1 N–H and O–H groups in total. The van der Waals surface area contributed by atoms with Crippen LogP contribution >= 0.6 is 6.72 Å². The van der Waals surface area contributed by atoms with Crippen molar-refractivity contribution in [3.8, 4) is 0 Å². The second kappa shape index (κ2) is 6.94. The molecule has 0 aliphatic carbocycles. The van der Waals surface area contributed by atoms with Crippen LogP contribution in [0.5, 0.6) is 0 Å². The van der Waals surface area contributed by atoms with Gasteiger partial charge in [0.25, 0.3) is 0 Å². The van der Waals surface area contributed by atoms with Gasteiger partial charge in [0.15, 0.2) is 0 Å². The second-order valence-corrected chi connectivity index (χ2v) is 7.98. The van der Waals surface area contributed by atoms with Crippen molar-refractivity contribution in [3.05, 3.63) is 0 Å². The van der Waals surface area contributed by atoms with E-state index in [4.69, 9.17) is 30.3 Å². The summed E-state index contributed by atoms with van der Waals surface area (Å²) in [5.74, 6) is 0.438. The lowest BCUT2D eigenvalue weighted by atomic mass is 10.1. The summed E-state index contributed by atoms with van der Waals surface area (Å²) in [6, 6.07) is 0. The highest BCUT2D eigenvalue weighted by molar-refractivity contribution is 8.07. The lowest BCUT2D eigenvalue weighted by Crippen LogP contribution is -2.24. The predicted molar refractivity (Wildman–Crippen MR) is 75.5 cm³/mol. The minimum Gasteiger partial charge on any atom is -0.376 e. The number of hydrogen-bond acceptors (Lipinski definition) is 5. The first-order valence-electron chi connectivity index (χ1n) is 6.90. The fraction of sp³-hybridized carbons (Fsp3) is 1.00. The Bertz CT molecular complexity index is 340. The Kier molecular flexibility index (Phi) is 5.78. The van der Waals surface area contributed by atoms with Crippen molar-refractivity contribution in [2.24, 2.45) is 5.92 Å². The van der Waals surface area contributed by atoms with E-state index in [1.165, 1.54) is 0 Å². The first kappa shape index (κ1) is 15.8. The quantitative estimate of drug-likeness (QED) is 0.759. The molecule has 0 bridgehead atoms. The highest BCUT2D eigenvalue weighted by Gasteiger charge is 2.34. The Morgan fingerprint density at radius 2 is 1.95 bits per heavy atom. The number of rotatable bonds is 6. The van der Waals surface area contributed by atoms with Gasteiger partial charge in [0.2, 0.25) is 0 Å². The largest absolute Gasteiger partial charge is 0.376 e. The minimum atomic E-state index is -3.20. The van der Waals surface area contributed by atoms with E-state index >= 15 is 0 Å². The maximum atomic E-state index is 10.1. The van der Waals surface area contributed by atoms with Crippen LogP contribution in [0, 0.1) is 5.92 Å². The molecule has 5 atom stereocenters. The fourth-order valence-electron chi connectivity index (χ4n) is 2.47. The summed E-state index contributed by atoms with van der Waals surface area (Å²) in [7, 11) is 0. The molecule has 0 amide bonds. The van der Waals surface area contributed by atoms with Crippen molar-refractivity contribution < 1.29 is 23.4 Å². The molecule has 2 heterocycles. The number of hydrogen-bond donors (Lipinski definition) is 1. The van der Waals surface area contributed by atoms with E-state index in [1.54, 1.807) is 0 Å². The van der Waals surface area contributed by atoms with Crippen molar-refractivity contribution in [1.82, 2.24) is 0 Å². The van der Waals surface area contributed by atoms with Crippen LogP contribution in [0.15, 0.2) is 0 Å². The zero-order valence-electron chi connectivity index (χ0n) is 11.5. The molecule has 5 nitrogen and oxygen atoms in total. The summed E-state index contributed by atoms with van der Waals surface area (Å²) in [6.07, 6.45) is 2.51. The normalized spacial score (nSPS) is 38.5. The van der Waals surface area contributed by atoms with Crippen LogP contribution in [0.3, 0.4) is 0 Å². The van der Waals surface area contributed by atoms with Crippen molar-refractivity contribution in [1.29, 1.82) is 0 Å². The molecule has 19 heavy (non-hydrogen) atoms. The summed E-state index contributed by atoms with van der Waals surface area (Å²) >= 11 is 5.07. The van der Waals surface area contributed by atoms with Gasteiger partial charge in [-0.1, -0.05) is 13.8 Å². The molecule has 0 aromatic carbocycles. The maximum Gasteiger partial charge on any atom is 0.324 e. The second-order valence-electron chi connectivity index (χ2n) is 5.19. The number of ether oxygens (including phenoxy) is 2. The lowest BCUT2D eigenvalue weighted by molar-refractivity contribution is 0.0212. The first-order chi connectivity index (χ1) is 9.02. The molecule has 2 rings (SSSR count). The molecule has 0 radical (unpaired) electrons. The Hall–Kier alpha value is 0.450. The highest BCUT2D eigenvalue weighted by Crippen LogP contribution is 2.47. The lowest BCUT2D eigenvalue weighted by Gasteiger charge is -2.24. The van der Waals surface area contributed by atoms with E-state index in [0.29, 0.717) is 19.1 Å². The molecule has 2 fully saturated rings. The molecular weight excluding hydrogens is 287 g/mol. The Morgan fingerprint density at radius 1 is 1.26 bits per heavy atom. The standard InChI is InChI=1S/C12H23O5PS/c1-3-10-11(5-7-14-10)17-18(13,19)16-8-12-9(2)4-6-15-12/h9-12H,3-8H2,1-2H3,(H,13,19)/t9?,10-,11?,12-,18?/m1/s1. The third kappa shape index (κ3) is 4.46. The van der Waals surface area contributed by atoms with Crippen LogP contribution < -0.4 is 0 Å². The first-order valence-corrected chi connectivity index (χ1v) is 9.50. The van der Waals surface area contributed by atoms with Gasteiger partial charge in [-0.15, -0.1) is 0 Å². The van der Waals surface area contributed by atoms with E-state index in [0.717, 1.165) is 25.9 Å². The molecule has 0 spiro atoms. The molecule has 112 valence electrons. The van der Waals surface area contributed by atoms with Crippen LogP contribution in [0.4, 0.5) is 0 Å². The monoisotopic (exact) mass is 310 g/mol. The van der Waals surface area contributed by atoms with Crippen LogP contribution in [-0.2, 0) is 30.3 Å². The molecular formula is C12H23O5PS. The van der Waals surface area contributed by atoms with Crippen LogP contribution in [-0.4, -0.2) is 43.0 Å². The predicted octanol–water partition coefficient (Wildman–Crippen LogP) is 2.23. The third-order valence-corrected chi connectivity index (χ3v) is 5.35. The summed E-state index contributed by atoms with van der Waals surface area (Å²) in [5, 5.41) is 0. The van der Waals surface area contributed by atoms with Crippen LogP contribution in [0.2, 0.25) is 0 Å². The molecule has 0 aromatic heterocycles. The molecule has 0 saturated carbocycles. The van der Waals surface area contributed by atoms with Crippen molar-refractivity contribution in [2.45, 2.75) is 51.4 Å². The van der Waals surface area contributed by atoms with E-state index in [-0.39, 0.29) is 18.3 Å². The van der Waals surface area contributed by atoms with E-state index < -0.39 is 6.72 Å². The van der Waals surface area contributed by atoms with Gasteiger partial charge in [0.05, 0.1) is 24.9 Å². The van der Waals surface area contributed by atoms with E-state index in [1.807, 2.05) is 6.92 Å². The smallest absolute Gasteiger partial charge is 0.324 e. The Balaban J connectivity index is 1.79. The molecule has 0 aromatic rings.